The summed E-state index contributed by atoms with van der Waals surface area (Å²) in [4.78, 5) is 65.7. The molecule has 9 nitrogen and oxygen atoms in total. The van der Waals surface area contributed by atoms with Crippen LogP contribution in [0.3, 0.4) is 0 Å². The molecular weight excluding hydrogens is 552 g/mol. The standard InChI is InChI=1S/C34H46O9/c1-18(35)42-22-15-21-20(30(5,6)28(22)39)11-12-24-31(7)16-23(43-19(2)36)27(32(31,8)17-26(38)33(21,24)9)34(10,41)25(37)13-14-29(3,4)40/h11,13-15,21,23-24,27,40-41H,12,16-17H2,1-10H3/b14-13+/t21-,23-,24-,27+,31+,32-,33+,34+/m1/s1. The molecule has 236 valence electrons. The van der Waals surface area contributed by atoms with Crippen molar-refractivity contribution in [3.05, 3.63) is 35.6 Å². The number of rotatable bonds is 6. The third kappa shape index (κ3) is 4.87. The summed E-state index contributed by atoms with van der Waals surface area (Å²) >= 11 is 0. The topological polar surface area (TPSA) is 144 Å². The van der Waals surface area contributed by atoms with Crippen LogP contribution in [0.1, 0.15) is 88.5 Å². The molecule has 0 saturated heterocycles. The van der Waals surface area contributed by atoms with E-state index in [-0.39, 0.29) is 29.7 Å². The number of Topliss-reactive ketones (excluding diaryl/α,β-unsaturated/α-hetero) is 2. The molecule has 0 aliphatic heterocycles. The summed E-state index contributed by atoms with van der Waals surface area (Å²) < 4.78 is 11.2. The van der Waals surface area contributed by atoms with Crippen LogP contribution in [0.2, 0.25) is 0 Å². The molecular formula is C34H46O9. The van der Waals surface area contributed by atoms with Gasteiger partial charge in [0.05, 0.1) is 11.0 Å². The van der Waals surface area contributed by atoms with Crippen LogP contribution in [0.4, 0.5) is 0 Å². The van der Waals surface area contributed by atoms with Crippen LogP contribution in [0, 0.1) is 39.4 Å². The van der Waals surface area contributed by atoms with Gasteiger partial charge in [-0.25, -0.2) is 0 Å². The minimum absolute atomic E-state index is 0.00748. The quantitative estimate of drug-likeness (QED) is 0.261. The Morgan fingerprint density at radius 2 is 1.58 bits per heavy atom. The molecule has 0 aromatic carbocycles. The number of esters is 2. The summed E-state index contributed by atoms with van der Waals surface area (Å²) in [6, 6.07) is 0. The zero-order valence-corrected chi connectivity index (χ0v) is 27.0. The highest BCUT2D eigenvalue weighted by atomic mass is 16.5. The molecule has 0 radical (unpaired) electrons. The first kappa shape index (κ1) is 33.0. The Labute approximate surface area is 253 Å². The molecule has 4 rings (SSSR count). The molecule has 0 unspecified atom stereocenters. The first-order valence-corrected chi connectivity index (χ1v) is 15.0. The average Bonchev–Trinajstić information content (AvgIpc) is 3.06. The van der Waals surface area contributed by atoms with E-state index in [1.54, 1.807) is 19.9 Å². The maximum atomic E-state index is 14.6. The van der Waals surface area contributed by atoms with E-state index in [0.717, 1.165) is 11.6 Å². The van der Waals surface area contributed by atoms with E-state index >= 15 is 0 Å². The van der Waals surface area contributed by atoms with Crippen molar-refractivity contribution in [2.24, 2.45) is 39.4 Å². The summed E-state index contributed by atoms with van der Waals surface area (Å²) in [5.41, 5.74) is -6.19. The van der Waals surface area contributed by atoms with Gasteiger partial charge in [0.15, 0.2) is 11.5 Å². The van der Waals surface area contributed by atoms with Gasteiger partial charge in [-0.05, 0) is 76.4 Å². The highest BCUT2D eigenvalue weighted by Crippen LogP contribution is 2.74. The number of ether oxygens (including phenoxy) is 2. The lowest BCUT2D eigenvalue weighted by Crippen LogP contribution is -2.64. The molecule has 2 saturated carbocycles. The maximum absolute atomic E-state index is 14.6. The van der Waals surface area contributed by atoms with Gasteiger partial charge in [-0.2, -0.15) is 0 Å². The van der Waals surface area contributed by atoms with E-state index < -0.39 is 68.5 Å². The summed E-state index contributed by atoms with van der Waals surface area (Å²) in [6.07, 6.45) is 5.98. The fourth-order valence-electron chi connectivity index (χ4n) is 9.07. The number of carbonyl (C=O) groups is 5. The minimum atomic E-state index is -2.03. The monoisotopic (exact) mass is 598 g/mol. The highest BCUT2D eigenvalue weighted by molar-refractivity contribution is 6.03. The first-order chi connectivity index (χ1) is 19.4. The predicted octanol–water partition coefficient (Wildman–Crippen LogP) is 4.20. The summed E-state index contributed by atoms with van der Waals surface area (Å²) in [6.45, 7) is 16.3. The van der Waals surface area contributed by atoms with Gasteiger partial charge in [0, 0.05) is 37.5 Å². The van der Waals surface area contributed by atoms with Crippen molar-refractivity contribution in [2.75, 3.05) is 0 Å². The Hall–Kier alpha value is -2.91. The highest BCUT2D eigenvalue weighted by Gasteiger charge is 2.75. The van der Waals surface area contributed by atoms with Gasteiger partial charge in [0.25, 0.3) is 0 Å². The lowest BCUT2D eigenvalue weighted by Gasteiger charge is -2.63. The molecule has 4 aliphatic carbocycles. The van der Waals surface area contributed by atoms with Gasteiger partial charge in [-0.3, -0.25) is 24.0 Å². The second kappa shape index (κ2) is 10.1. The van der Waals surface area contributed by atoms with Crippen LogP contribution >= 0.6 is 0 Å². The van der Waals surface area contributed by atoms with Gasteiger partial charge in [0.1, 0.15) is 17.5 Å². The number of allylic oxidation sites excluding steroid dienone is 4. The van der Waals surface area contributed by atoms with E-state index in [1.807, 2.05) is 26.8 Å². The largest absolute Gasteiger partial charge is 0.462 e. The van der Waals surface area contributed by atoms with Gasteiger partial charge in [0.2, 0.25) is 5.78 Å². The fraction of sp³-hybridized carbons (Fsp3) is 0.676. The second-order valence-electron chi connectivity index (χ2n) is 15.1. The van der Waals surface area contributed by atoms with Crippen LogP contribution < -0.4 is 0 Å². The van der Waals surface area contributed by atoms with Crippen LogP contribution in [-0.2, 0) is 33.4 Å². The first-order valence-electron chi connectivity index (χ1n) is 15.0. The van der Waals surface area contributed by atoms with E-state index in [4.69, 9.17) is 9.47 Å². The van der Waals surface area contributed by atoms with E-state index in [2.05, 4.69) is 0 Å². The zero-order chi connectivity index (χ0) is 32.7. The van der Waals surface area contributed by atoms with Crippen molar-refractivity contribution in [2.45, 2.75) is 106 Å². The van der Waals surface area contributed by atoms with Crippen molar-refractivity contribution in [1.82, 2.24) is 0 Å². The van der Waals surface area contributed by atoms with Crippen molar-refractivity contribution < 1.29 is 43.7 Å². The molecule has 0 heterocycles. The minimum Gasteiger partial charge on any atom is -0.462 e. The summed E-state index contributed by atoms with van der Waals surface area (Å²) in [7, 11) is 0. The number of hydrogen-bond donors (Lipinski definition) is 2. The van der Waals surface area contributed by atoms with Crippen LogP contribution in [0.5, 0.6) is 0 Å². The van der Waals surface area contributed by atoms with Crippen molar-refractivity contribution >= 4 is 29.3 Å². The third-order valence-corrected chi connectivity index (χ3v) is 11.3. The number of aliphatic hydroxyl groups is 2. The molecule has 2 N–H and O–H groups in total. The number of hydrogen-bond acceptors (Lipinski definition) is 9. The Bertz CT molecular complexity index is 1370. The number of carbonyl (C=O) groups excluding carboxylic acids is 5. The lowest BCUT2D eigenvalue weighted by molar-refractivity contribution is -0.181. The molecule has 2 fully saturated rings. The Morgan fingerprint density at radius 1 is 0.977 bits per heavy atom. The molecule has 0 amide bonds. The maximum Gasteiger partial charge on any atom is 0.308 e. The van der Waals surface area contributed by atoms with Crippen molar-refractivity contribution in [1.29, 1.82) is 0 Å². The molecule has 4 aliphatic rings. The van der Waals surface area contributed by atoms with Gasteiger partial charge < -0.3 is 19.7 Å². The summed E-state index contributed by atoms with van der Waals surface area (Å²) in [5, 5.41) is 22.1. The van der Waals surface area contributed by atoms with E-state index in [9.17, 15) is 34.2 Å². The average molecular weight is 599 g/mol. The van der Waals surface area contributed by atoms with Crippen LogP contribution in [0.15, 0.2) is 35.6 Å². The summed E-state index contributed by atoms with van der Waals surface area (Å²) in [5.74, 6) is -4.09. The Morgan fingerprint density at radius 3 is 2.12 bits per heavy atom. The Kier molecular flexibility index (Phi) is 7.72. The van der Waals surface area contributed by atoms with E-state index in [0.29, 0.717) is 12.8 Å². The van der Waals surface area contributed by atoms with Gasteiger partial charge in [-0.1, -0.05) is 38.5 Å². The fourth-order valence-corrected chi connectivity index (χ4v) is 9.07. The SMILES string of the molecule is CC(=O)OC1=C[C@@H]2C(=CC[C@H]3[C@@]2(C)C(=O)C[C@]2(C)[C@@H]([C@@](C)(O)C(=O)/C=C/C(C)(C)O)[C@H](OC(C)=O)C[C@@]32C)C(C)(C)C1=O. The molecule has 0 bridgehead atoms. The smallest absolute Gasteiger partial charge is 0.308 e. The normalized spacial score (nSPS) is 38.2. The van der Waals surface area contributed by atoms with E-state index in [1.165, 1.54) is 40.7 Å². The van der Waals surface area contributed by atoms with Gasteiger partial charge in [-0.15, -0.1) is 0 Å². The molecule has 0 aromatic rings. The molecule has 0 spiro atoms. The van der Waals surface area contributed by atoms with Crippen LogP contribution in [-0.4, -0.2) is 56.8 Å². The van der Waals surface area contributed by atoms with Crippen LogP contribution in [0.25, 0.3) is 0 Å². The van der Waals surface area contributed by atoms with Crippen molar-refractivity contribution in [3.63, 3.8) is 0 Å². The number of fused-ring (bicyclic) bond motifs is 5. The molecule has 43 heavy (non-hydrogen) atoms. The Balaban J connectivity index is 1.89. The van der Waals surface area contributed by atoms with Crippen molar-refractivity contribution in [3.8, 4) is 0 Å². The predicted molar refractivity (Wildman–Crippen MR) is 157 cm³/mol. The third-order valence-electron chi connectivity index (χ3n) is 11.3. The molecule has 0 aromatic heterocycles. The zero-order valence-electron chi connectivity index (χ0n) is 27.0. The van der Waals surface area contributed by atoms with Gasteiger partial charge >= 0.3 is 11.9 Å². The molecule has 8 atom stereocenters. The second-order valence-corrected chi connectivity index (χ2v) is 15.1. The lowest BCUT2D eigenvalue weighted by atomic mass is 9.39. The number of ketones is 3. The molecule has 9 heteroatoms.